The van der Waals surface area contributed by atoms with E-state index in [1.165, 1.54) is 11.3 Å². The number of carbonyl (C=O) groups excluding carboxylic acids is 1. The van der Waals surface area contributed by atoms with Crippen molar-refractivity contribution < 1.29 is 9.32 Å². The molecule has 0 aliphatic carbocycles. The fourth-order valence-corrected chi connectivity index (χ4v) is 3.37. The third-order valence-electron chi connectivity index (χ3n) is 3.87. The molecular weight excluding hydrogens is 374 g/mol. The van der Waals surface area contributed by atoms with Crippen LogP contribution in [0.25, 0.3) is 21.7 Å². The Morgan fingerprint density at radius 1 is 1.35 bits per heavy atom. The largest absolute Gasteiger partial charge is 0.339 e. The van der Waals surface area contributed by atoms with Crippen molar-refractivity contribution in [2.45, 2.75) is 12.8 Å². The number of carbonyl (C=O) groups is 1. The maximum absolute atomic E-state index is 12.2. The molecule has 0 spiro atoms. The summed E-state index contributed by atoms with van der Waals surface area (Å²) in [6, 6.07) is 9.26. The number of anilines is 1. The number of amides is 1. The smallest absolute Gasteiger partial charge is 0.227 e. The molecule has 3 heterocycles. The first-order chi connectivity index (χ1) is 12.6. The van der Waals surface area contributed by atoms with Crippen LogP contribution in [-0.4, -0.2) is 25.6 Å². The number of nitrogens with one attached hydrogen (secondary N) is 1. The lowest BCUT2D eigenvalue weighted by Crippen LogP contribution is -2.15. The normalized spacial score (nSPS) is 11.2. The van der Waals surface area contributed by atoms with E-state index in [2.05, 4.69) is 20.4 Å². The van der Waals surface area contributed by atoms with Crippen molar-refractivity contribution in [3.8, 4) is 10.7 Å². The molecule has 0 saturated carbocycles. The number of hydrogen-bond donors (Lipinski definition) is 1. The van der Waals surface area contributed by atoms with Gasteiger partial charge in [-0.25, -0.2) is 4.98 Å². The van der Waals surface area contributed by atoms with Crippen LogP contribution in [0.5, 0.6) is 0 Å². The third kappa shape index (κ3) is 3.33. The van der Waals surface area contributed by atoms with Crippen LogP contribution >= 0.6 is 22.9 Å². The average molecular weight is 388 g/mol. The highest BCUT2D eigenvalue weighted by molar-refractivity contribution is 7.13. The zero-order chi connectivity index (χ0) is 18.1. The van der Waals surface area contributed by atoms with Crippen LogP contribution < -0.4 is 5.32 Å². The topological polar surface area (TPSA) is 85.8 Å². The summed E-state index contributed by atoms with van der Waals surface area (Å²) in [6.07, 6.45) is 0.579. The van der Waals surface area contributed by atoms with Crippen LogP contribution in [0.3, 0.4) is 0 Å². The molecule has 0 radical (unpaired) electrons. The van der Waals surface area contributed by atoms with E-state index in [0.29, 0.717) is 29.1 Å². The van der Waals surface area contributed by atoms with Crippen molar-refractivity contribution in [3.63, 3.8) is 0 Å². The highest BCUT2D eigenvalue weighted by atomic mass is 35.5. The molecule has 26 heavy (non-hydrogen) atoms. The number of aromatic nitrogens is 4. The van der Waals surface area contributed by atoms with E-state index in [-0.39, 0.29) is 12.3 Å². The van der Waals surface area contributed by atoms with Crippen molar-refractivity contribution in [2.75, 3.05) is 5.32 Å². The Kier molecular flexibility index (Phi) is 4.44. The second-order valence-electron chi connectivity index (χ2n) is 5.66. The maximum atomic E-state index is 12.2. The van der Waals surface area contributed by atoms with Crippen LogP contribution in [-0.2, 0) is 18.3 Å². The Balaban J connectivity index is 1.41. The summed E-state index contributed by atoms with van der Waals surface area (Å²) >= 11 is 7.52. The molecule has 0 aliphatic rings. The molecule has 9 heteroatoms. The summed E-state index contributed by atoms with van der Waals surface area (Å²) in [4.78, 5) is 21.9. The Morgan fingerprint density at radius 3 is 3.04 bits per heavy atom. The quantitative estimate of drug-likeness (QED) is 0.561. The first kappa shape index (κ1) is 16.7. The van der Waals surface area contributed by atoms with E-state index in [4.69, 9.17) is 16.1 Å². The molecule has 0 unspecified atom stereocenters. The number of aryl methyl sites for hydroxylation is 2. The number of nitrogens with zero attached hydrogens (tertiary/aromatic N) is 4. The molecule has 0 fully saturated rings. The minimum absolute atomic E-state index is 0.176. The lowest BCUT2D eigenvalue weighted by molar-refractivity contribution is -0.116. The number of fused-ring (bicyclic) bond motifs is 1. The van der Waals surface area contributed by atoms with Gasteiger partial charge in [0.2, 0.25) is 23.6 Å². The van der Waals surface area contributed by atoms with Gasteiger partial charge in [0.05, 0.1) is 15.9 Å². The van der Waals surface area contributed by atoms with Gasteiger partial charge in [-0.3, -0.25) is 10.1 Å². The van der Waals surface area contributed by atoms with Crippen molar-refractivity contribution in [2.24, 2.45) is 7.05 Å². The molecular formula is C17H14ClN5O2S. The molecule has 1 amide bonds. The van der Waals surface area contributed by atoms with Gasteiger partial charge in [-0.1, -0.05) is 22.8 Å². The molecule has 0 bridgehead atoms. The standard InChI is InChI=1S/C17H14ClN5O2S/c1-23-12-5-4-10(18)9-11(12)19-17(23)20-14(24)6-7-15-21-16(22-25-15)13-3-2-8-26-13/h2-5,8-9H,6-7H2,1H3,(H,19,20,24). The van der Waals surface area contributed by atoms with Gasteiger partial charge in [0.25, 0.3) is 0 Å². The van der Waals surface area contributed by atoms with Crippen LogP contribution in [0.1, 0.15) is 12.3 Å². The summed E-state index contributed by atoms with van der Waals surface area (Å²) in [5.41, 5.74) is 1.62. The molecule has 1 aromatic carbocycles. The molecule has 7 nitrogen and oxygen atoms in total. The van der Waals surface area contributed by atoms with Crippen molar-refractivity contribution in [3.05, 3.63) is 46.6 Å². The van der Waals surface area contributed by atoms with Gasteiger partial charge in [0.15, 0.2) is 0 Å². The summed E-state index contributed by atoms with van der Waals surface area (Å²) in [6.45, 7) is 0. The van der Waals surface area contributed by atoms with Crippen molar-refractivity contribution in [1.82, 2.24) is 19.7 Å². The van der Waals surface area contributed by atoms with Gasteiger partial charge in [-0.2, -0.15) is 4.98 Å². The van der Waals surface area contributed by atoms with Gasteiger partial charge in [-0.15, -0.1) is 11.3 Å². The first-order valence-electron chi connectivity index (χ1n) is 7.88. The Morgan fingerprint density at radius 2 is 2.23 bits per heavy atom. The third-order valence-corrected chi connectivity index (χ3v) is 4.97. The van der Waals surface area contributed by atoms with Gasteiger partial charge in [0.1, 0.15) is 0 Å². The fourth-order valence-electron chi connectivity index (χ4n) is 2.55. The van der Waals surface area contributed by atoms with E-state index < -0.39 is 0 Å². The summed E-state index contributed by atoms with van der Waals surface area (Å²) < 4.78 is 7.01. The van der Waals surface area contributed by atoms with E-state index in [0.717, 1.165) is 15.9 Å². The molecule has 1 N–H and O–H groups in total. The van der Waals surface area contributed by atoms with Crippen LogP contribution in [0.4, 0.5) is 5.95 Å². The summed E-state index contributed by atoms with van der Waals surface area (Å²) in [5.74, 6) is 1.27. The molecule has 0 saturated heterocycles. The molecule has 132 valence electrons. The van der Waals surface area contributed by atoms with Gasteiger partial charge in [-0.05, 0) is 29.6 Å². The van der Waals surface area contributed by atoms with Crippen LogP contribution in [0.15, 0.2) is 40.2 Å². The van der Waals surface area contributed by atoms with Gasteiger partial charge >= 0.3 is 0 Å². The average Bonchev–Trinajstić information content (AvgIpc) is 3.34. The number of thiophene rings is 1. The van der Waals surface area contributed by atoms with Crippen LogP contribution in [0, 0.1) is 0 Å². The maximum Gasteiger partial charge on any atom is 0.227 e. The van der Waals surface area contributed by atoms with Crippen molar-refractivity contribution in [1.29, 1.82) is 0 Å². The fraction of sp³-hybridized carbons (Fsp3) is 0.176. The molecule has 3 aromatic heterocycles. The van der Waals surface area contributed by atoms with Crippen LogP contribution in [0.2, 0.25) is 5.02 Å². The van der Waals surface area contributed by atoms with Gasteiger partial charge < -0.3 is 9.09 Å². The van der Waals surface area contributed by atoms with E-state index in [9.17, 15) is 4.79 Å². The SMILES string of the molecule is Cn1c(NC(=O)CCc2nc(-c3cccs3)no2)nc2cc(Cl)ccc21. The monoisotopic (exact) mass is 387 g/mol. The first-order valence-corrected chi connectivity index (χ1v) is 9.14. The number of imidazole rings is 1. The lowest BCUT2D eigenvalue weighted by atomic mass is 10.3. The van der Waals surface area contributed by atoms with Crippen molar-refractivity contribution >= 4 is 45.8 Å². The summed E-state index contributed by atoms with van der Waals surface area (Å²) in [7, 11) is 1.84. The predicted octanol–water partition coefficient (Wildman–Crippen LogP) is 3.91. The minimum atomic E-state index is -0.176. The Labute approximate surface area is 157 Å². The lowest BCUT2D eigenvalue weighted by Gasteiger charge is -2.04. The molecule has 4 aromatic rings. The zero-order valence-corrected chi connectivity index (χ0v) is 15.3. The number of halogens is 1. The highest BCUT2D eigenvalue weighted by Crippen LogP contribution is 2.23. The summed E-state index contributed by atoms with van der Waals surface area (Å²) in [5, 5.41) is 9.29. The Hall–Kier alpha value is -2.71. The van der Waals surface area contributed by atoms with E-state index >= 15 is 0 Å². The number of rotatable bonds is 5. The predicted molar refractivity (Wildman–Crippen MR) is 100 cm³/mol. The zero-order valence-electron chi connectivity index (χ0n) is 13.8. The number of hydrogen-bond acceptors (Lipinski definition) is 6. The molecule has 4 rings (SSSR count). The highest BCUT2D eigenvalue weighted by Gasteiger charge is 2.14. The van der Waals surface area contributed by atoms with E-state index in [1.807, 2.05) is 35.2 Å². The molecule has 0 aliphatic heterocycles. The van der Waals surface area contributed by atoms with Gasteiger partial charge in [0, 0.05) is 24.9 Å². The molecule has 0 atom stereocenters. The van der Waals surface area contributed by atoms with E-state index in [1.54, 1.807) is 12.1 Å². The minimum Gasteiger partial charge on any atom is -0.339 e. The Bertz CT molecular complexity index is 1070. The second kappa shape index (κ2) is 6.89. The second-order valence-corrected chi connectivity index (χ2v) is 7.05. The number of benzene rings is 1.